The number of fused-ring (bicyclic) bond motifs is 3. The Morgan fingerprint density at radius 2 is 1.78 bits per heavy atom. The summed E-state index contributed by atoms with van der Waals surface area (Å²) in [6, 6.07) is 20.1. The number of halogens is 1. The van der Waals surface area contributed by atoms with Crippen molar-refractivity contribution < 1.29 is 39.2 Å². The van der Waals surface area contributed by atoms with Gasteiger partial charge in [-0.25, -0.2) is 0 Å². The number of rotatable bonds is 6. The highest BCUT2D eigenvalue weighted by atomic mass is 79.9. The van der Waals surface area contributed by atoms with Crippen molar-refractivity contribution >= 4 is 53.1 Å². The lowest BCUT2D eigenvalue weighted by molar-refractivity contribution is -0.123. The minimum Gasteiger partial charge on any atom is -0.508 e. The minimum absolute atomic E-state index is 0.00680. The van der Waals surface area contributed by atoms with Crippen molar-refractivity contribution in [2.24, 2.45) is 17.8 Å². The third kappa shape index (κ3) is 5.11. The molecule has 0 saturated carbocycles. The molecule has 208 valence electrons. The molecule has 2 amide bonds. The van der Waals surface area contributed by atoms with Crippen molar-refractivity contribution in [3.63, 3.8) is 0 Å². The van der Waals surface area contributed by atoms with Gasteiger partial charge >= 0.3 is 14.2 Å². The molecule has 4 N–H and O–H groups in total. The van der Waals surface area contributed by atoms with Crippen molar-refractivity contribution in [1.82, 2.24) is 0 Å². The van der Waals surface area contributed by atoms with E-state index in [1.54, 1.807) is 24.3 Å². The molecule has 0 radical (unpaired) electrons. The topological polar surface area (TPSA) is 137 Å². The summed E-state index contributed by atoms with van der Waals surface area (Å²) in [4.78, 5) is 28.9. The van der Waals surface area contributed by atoms with Gasteiger partial charge in [-0.15, -0.1) is 0 Å². The van der Waals surface area contributed by atoms with E-state index in [0.717, 1.165) is 4.90 Å². The largest absolute Gasteiger partial charge is 0.508 e. The fourth-order valence-corrected chi connectivity index (χ4v) is 6.67. The van der Waals surface area contributed by atoms with Crippen molar-refractivity contribution in [3.05, 3.63) is 93.9 Å². The molecule has 9 nitrogen and oxygen atoms in total. The van der Waals surface area contributed by atoms with Crippen molar-refractivity contribution in [2.45, 2.75) is 18.9 Å². The summed E-state index contributed by atoms with van der Waals surface area (Å²) in [6.45, 7) is 0.0972. The fraction of sp³-hybridized carbons (Fsp3) is 0.241. The Morgan fingerprint density at radius 3 is 2.54 bits per heavy atom. The molecule has 0 aromatic heterocycles. The Balaban J connectivity index is 1.39. The smallest absolute Gasteiger partial charge is 0.488 e. The van der Waals surface area contributed by atoms with Crippen LogP contribution in [0.4, 0.5) is 5.69 Å². The van der Waals surface area contributed by atoms with Gasteiger partial charge in [0.05, 0.1) is 23.6 Å². The first-order valence-electron chi connectivity index (χ1n) is 13.3. The summed E-state index contributed by atoms with van der Waals surface area (Å²) in [5, 5.41) is 41.2. The Hall–Kier alpha value is -3.41. The number of aromatic hydroxyl groups is 1. The third-order valence-corrected chi connectivity index (χ3v) is 8.62. The van der Waals surface area contributed by atoms with Crippen LogP contribution in [0.1, 0.15) is 24.5 Å². The van der Waals surface area contributed by atoms with Crippen LogP contribution in [0.15, 0.2) is 88.3 Å². The Bertz CT molecular complexity index is 1530. The van der Waals surface area contributed by atoms with Gasteiger partial charge in [0.25, 0.3) is 0 Å². The van der Waals surface area contributed by atoms with E-state index in [1.165, 1.54) is 18.2 Å². The second kappa shape index (κ2) is 11.1. The van der Waals surface area contributed by atoms with E-state index in [-0.39, 0.29) is 36.3 Å². The number of phenolic OH excluding ortho intramolecular Hbond substituents is 1. The highest BCUT2D eigenvalue weighted by Crippen LogP contribution is 2.52. The lowest BCUT2D eigenvalue weighted by Gasteiger charge is -2.42. The van der Waals surface area contributed by atoms with Crippen LogP contribution in [0.25, 0.3) is 0 Å². The molecule has 0 spiro atoms. The van der Waals surface area contributed by atoms with Crippen LogP contribution >= 0.6 is 15.9 Å². The molecule has 41 heavy (non-hydrogen) atoms. The van der Waals surface area contributed by atoms with E-state index in [9.17, 15) is 29.8 Å². The molecule has 3 aliphatic rings. The second-order valence-electron chi connectivity index (χ2n) is 10.5. The lowest BCUT2D eigenvalue weighted by Crippen LogP contribution is -2.45. The van der Waals surface area contributed by atoms with Gasteiger partial charge in [0, 0.05) is 10.0 Å². The number of allylic oxidation sites excluding steroid dienone is 1. The van der Waals surface area contributed by atoms with E-state index >= 15 is 0 Å². The van der Waals surface area contributed by atoms with E-state index in [2.05, 4.69) is 15.9 Å². The zero-order valence-electron chi connectivity index (χ0n) is 21.8. The highest BCUT2D eigenvalue weighted by molar-refractivity contribution is 9.10. The SMILES string of the molecule is O=C1[C@H]2[C@H](CC(COc3ccccc3)=C3B(O)O[C@H](c4cc(Br)ccc4O)C[C@H]32)C(=O)N1c1cccc(B(O)O)c1. The van der Waals surface area contributed by atoms with E-state index in [0.29, 0.717) is 26.8 Å². The number of phenols is 1. The number of imide groups is 1. The molecule has 2 aliphatic heterocycles. The number of hydrogen-bond acceptors (Lipinski definition) is 8. The number of amides is 2. The molecule has 1 aliphatic carbocycles. The molecule has 4 atom stereocenters. The van der Waals surface area contributed by atoms with Gasteiger partial charge < -0.3 is 29.6 Å². The molecule has 3 aromatic carbocycles. The maximum Gasteiger partial charge on any atom is 0.488 e. The maximum atomic E-state index is 14.0. The Kier molecular flexibility index (Phi) is 7.52. The number of carbonyl (C=O) groups is 2. The van der Waals surface area contributed by atoms with Gasteiger partial charge in [0.1, 0.15) is 18.1 Å². The minimum atomic E-state index is -1.76. The zero-order valence-corrected chi connectivity index (χ0v) is 23.3. The lowest BCUT2D eigenvalue weighted by atomic mass is 9.55. The predicted molar refractivity (Wildman–Crippen MR) is 155 cm³/mol. The predicted octanol–water partition coefficient (Wildman–Crippen LogP) is 2.52. The molecule has 2 saturated heterocycles. The summed E-state index contributed by atoms with van der Waals surface area (Å²) in [5.41, 5.74) is 2.07. The van der Waals surface area contributed by atoms with Gasteiger partial charge in [-0.2, -0.15) is 0 Å². The summed E-state index contributed by atoms with van der Waals surface area (Å²) in [7, 11) is -3.14. The molecule has 2 heterocycles. The van der Waals surface area contributed by atoms with Crippen LogP contribution in [0, 0.1) is 17.8 Å². The summed E-state index contributed by atoms with van der Waals surface area (Å²) in [5.74, 6) is -2.27. The number of carbonyl (C=O) groups excluding carboxylic acids is 2. The van der Waals surface area contributed by atoms with Crippen molar-refractivity contribution in [2.75, 3.05) is 11.5 Å². The van der Waals surface area contributed by atoms with Crippen LogP contribution in [0.3, 0.4) is 0 Å². The van der Waals surface area contributed by atoms with E-state index in [1.807, 2.05) is 30.3 Å². The monoisotopic (exact) mass is 617 g/mol. The standard InChI is InChI=1S/C29H26B2BrNO8/c32-18-9-10-24(34)21(13-18)25-14-22-26-23(28(35)33(29(26)36)19-6-4-5-17(12-19)30(37)38)11-16(27(22)31(39)41-25)15-40-20-7-2-1-3-8-20/h1-10,12-13,22-23,25-26,34,37-39H,11,14-15H2/t22-,23-,25-,26+/m0/s1. The number of anilines is 1. The van der Waals surface area contributed by atoms with Crippen LogP contribution in [-0.4, -0.2) is 52.8 Å². The third-order valence-electron chi connectivity index (χ3n) is 8.13. The van der Waals surface area contributed by atoms with Crippen LogP contribution in [-0.2, 0) is 14.2 Å². The van der Waals surface area contributed by atoms with Crippen LogP contribution in [0.5, 0.6) is 11.5 Å². The molecule has 12 heteroatoms. The number of para-hydroxylation sites is 1. The molecular weight excluding hydrogens is 592 g/mol. The highest BCUT2D eigenvalue weighted by Gasteiger charge is 2.58. The average molecular weight is 618 g/mol. The van der Waals surface area contributed by atoms with Gasteiger partial charge in [-0.05, 0) is 77.7 Å². The second-order valence-corrected chi connectivity index (χ2v) is 11.4. The fourth-order valence-electron chi connectivity index (χ4n) is 6.29. The maximum absolute atomic E-state index is 14.0. The van der Waals surface area contributed by atoms with Gasteiger partial charge in [-0.1, -0.05) is 46.3 Å². The number of nitrogens with zero attached hydrogens (tertiary/aromatic N) is 1. The molecular formula is C29H26B2BrNO8. The van der Waals surface area contributed by atoms with Gasteiger partial charge in [-0.3, -0.25) is 14.5 Å². The molecule has 2 fully saturated rings. The quantitative estimate of drug-likeness (QED) is 0.245. The van der Waals surface area contributed by atoms with Gasteiger partial charge in [0.15, 0.2) is 0 Å². The van der Waals surface area contributed by atoms with Crippen LogP contribution in [0.2, 0.25) is 0 Å². The first-order valence-corrected chi connectivity index (χ1v) is 14.1. The summed E-state index contributed by atoms with van der Waals surface area (Å²) >= 11 is 3.42. The van der Waals surface area contributed by atoms with Crippen molar-refractivity contribution in [1.29, 1.82) is 0 Å². The zero-order chi connectivity index (χ0) is 28.8. The Labute approximate surface area is 245 Å². The number of ether oxygens (including phenoxy) is 1. The molecule has 3 aromatic rings. The number of hydrogen-bond donors (Lipinski definition) is 4. The Morgan fingerprint density at radius 1 is 1.00 bits per heavy atom. The molecule has 0 unspecified atom stereocenters. The molecule has 6 rings (SSSR count). The first-order chi connectivity index (χ1) is 19.7. The van der Waals surface area contributed by atoms with Crippen molar-refractivity contribution in [3.8, 4) is 11.5 Å². The number of benzene rings is 3. The summed E-state index contributed by atoms with van der Waals surface area (Å²) in [6.07, 6.45) is -0.301. The van der Waals surface area contributed by atoms with Gasteiger partial charge in [0.2, 0.25) is 11.8 Å². The summed E-state index contributed by atoms with van der Waals surface area (Å²) < 4.78 is 12.8. The van der Waals surface area contributed by atoms with E-state index < -0.39 is 49.9 Å². The normalized spacial score (nSPS) is 23.9. The van der Waals surface area contributed by atoms with Crippen LogP contribution < -0.4 is 15.1 Å². The van der Waals surface area contributed by atoms with E-state index in [4.69, 9.17) is 9.39 Å². The average Bonchev–Trinajstić information content (AvgIpc) is 3.22. The molecule has 0 bridgehead atoms. The first kappa shape index (κ1) is 27.7.